The van der Waals surface area contributed by atoms with E-state index in [9.17, 15) is 25.2 Å². The minimum Gasteiger partial charge on any atom is -0.394 e. The summed E-state index contributed by atoms with van der Waals surface area (Å²) in [7, 11) is 0. The molecule has 6 heterocycles. The summed E-state index contributed by atoms with van der Waals surface area (Å²) in [6.45, 7) is 5.24. The van der Waals surface area contributed by atoms with Crippen molar-refractivity contribution in [1.82, 2.24) is 19.9 Å². The van der Waals surface area contributed by atoms with E-state index >= 15 is 0 Å². The van der Waals surface area contributed by atoms with Gasteiger partial charge in [0.05, 0.1) is 36.0 Å². The first-order valence-corrected chi connectivity index (χ1v) is 22.9. The zero-order valence-electron chi connectivity index (χ0n) is 38.2. The average molecular weight is 921 g/mol. The summed E-state index contributed by atoms with van der Waals surface area (Å²) in [5, 5.41) is 43.0. The van der Waals surface area contributed by atoms with Crippen LogP contribution in [0.15, 0.2) is 121 Å². The maximum Gasteiger partial charge on any atom is 0.243 e. The van der Waals surface area contributed by atoms with Crippen molar-refractivity contribution in [3.05, 3.63) is 161 Å². The van der Waals surface area contributed by atoms with E-state index in [1.807, 2.05) is 24.3 Å². The lowest BCUT2D eigenvalue weighted by molar-refractivity contribution is -0.301. The van der Waals surface area contributed by atoms with E-state index in [1.165, 1.54) is 5.56 Å². The Morgan fingerprint density at radius 2 is 0.942 bits per heavy atom. The van der Waals surface area contributed by atoms with E-state index < -0.39 is 49.3 Å². The molecule has 0 unspecified atom stereocenters. The van der Waals surface area contributed by atoms with Gasteiger partial charge in [-0.1, -0.05) is 102 Å². The molecule has 3 aromatic heterocycles. The quantitative estimate of drug-likeness (QED) is 0.0657. The van der Waals surface area contributed by atoms with Gasteiger partial charge in [0, 0.05) is 50.0 Å². The van der Waals surface area contributed by atoms with Crippen molar-refractivity contribution in [3.63, 3.8) is 0 Å². The molecule has 1 amide bonds. The van der Waals surface area contributed by atoms with Gasteiger partial charge in [-0.15, -0.1) is 0 Å². The van der Waals surface area contributed by atoms with Gasteiger partial charge in [0.2, 0.25) is 5.91 Å². The van der Waals surface area contributed by atoms with E-state index in [1.54, 1.807) is 12.1 Å². The van der Waals surface area contributed by atoms with E-state index in [-0.39, 0.29) is 6.61 Å². The number of aromatic amines is 2. The number of nitrogens with two attached hydrogens (primary N) is 1. The highest BCUT2D eigenvalue weighted by molar-refractivity contribution is 6.00. The molecule has 0 radical (unpaired) electrons. The van der Waals surface area contributed by atoms with Crippen molar-refractivity contribution >= 4 is 58.0 Å². The Hall–Kier alpha value is -7.33. The predicted molar refractivity (Wildman–Crippen MR) is 271 cm³/mol. The first-order chi connectivity index (χ1) is 33.4. The summed E-state index contributed by atoms with van der Waals surface area (Å²) in [6.07, 6.45) is 0.886. The van der Waals surface area contributed by atoms with Crippen LogP contribution in [-0.2, 0) is 14.3 Å². The third-order valence-electron chi connectivity index (χ3n) is 12.8. The Kier molecular flexibility index (Phi) is 12.5. The Bertz CT molecular complexity index is 3240. The number of aromatic nitrogens is 4. The van der Waals surface area contributed by atoms with Gasteiger partial charge in [0.15, 0.2) is 6.29 Å². The van der Waals surface area contributed by atoms with Crippen LogP contribution in [0.2, 0.25) is 0 Å². The summed E-state index contributed by atoms with van der Waals surface area (Å²) in [4.78, 5) is 31.7. The number of H-pyrrole nitrogens is 2. The molecule has 69 heavy (non-hydrogen) atoms. The molecule has 9 N–H and O–H groups in total. The van der Waals surface area contributed by atoms with Gasteiger partial charge in [0.1, 0.15) is 30.5 Å². The van der Waals surface area contributed by atoms with E-state index in [0.717, 1.165) is 100 Å². The molecule has 348 valence electrons. The van der Waals surface area contributed by atoms with Crippen LogP contribution in [-0.4, -0.2) is 96.2 Å². The second-order valence-electron chi connectivity index (χ2n) is 17.8. The molecule has 3 aliphatic rings. The van der Waals surface area contributed by atoms with Gasteiger partial charge in [-0.3, -0.25) is 4.79 Å². The number of nitrogens with one attached hydrogen (secondary N) is 3. The number of fused-ring (bicyclic) bond motifs is 8. The van der Waals surface area contributed by atoms with Crippen molar-refractivity contribution in [2.24, 2.45) is 5.73 Å². The third-order valence-corrected chi connectivity index (χ3v) is 12.8. The molecule has 0 aliphatic carbocycles. The molecule has 10 rings (SSSR count). The number of aliphatic hydroxyl groups is 4. The molecule has 1 saturated heterocycles. The topological polar surface area (TPSA) is 212 Å². The van der Waals surface area contributed by atoms with Crippen molar-refractivity contribution in [2.75, 3.05) is 18.5 Å². The largest absolute Gasteiger partial charge is 0.394 e. The van der Waals surface area contributed by atoms with E-state index in [0.29, 0.717) is 5.69 Å². The summed E-state index contributed by atoms with van der Waals surface area (Å²) in [6, 6.07) is 40.0. The number of amides is 1. The number of anilines is 1. The summed E-state index contributed by atoms with van der Waals surface area (Å²) < 4.78 is 10.9. The Balaban J connectivity index is 1.11. The third kappa shape index (κ3) is 9.08. The molecule has 8 bridgehead atoms. The van der Waals surface area contributed by atoms with Crippen molar-refractivity contribution in [2.45, 2.75) is 57.5 Å². The standard InChI is InChI=1S/C56H52N6O7/c1-30-4-10-33(11-5-30)48-39-20-22-41(59-39)49(34-12-6-31(2)7-13-34)43-24-26-45(61-43)51(46-27-25-44(62-46)50(42-23-21-40(48)60-42)35-14-8-32(3)9-15-35)36-16-18-37(19-17-36)58-55(67)38(57)29-68-56-54(66)53(65)52(64)47(28-63)69-56/h4-27,38,47,52-54,56,59,62-66H,28-29,57H2,1-3H3,(H,58,67)/t38-,47+,52+,53-,54+,56+/m0/s1. The number of nitrogens with zero attached hydrogens (tertiary/aromatic N) is 2. The lowest BCUT2D eigenvalue weighted by Gasteiger charge is -2.39. The Labute approximate surface area is 398 Å². The van der Waals surface area contributed by atoms with Gasteiger partial charge >= 0.3 is 0 Å². The summed E-state index contributed by atoms with van der Waals surface area (Å²) in [5.74, 6) is -0.570. The SMILES string of the molecule is Cc1ccc(-c2c3nc(c(-c4ccc(C)cc4)c4ccc([nH]4)c(-c4ccc(NC(=O)[C@@H](N)CO[C@@H]5O[C@H](CO)[C@@H](O)[C@H](O)[C@H]5O)cc4)c4nc(c(-c5ccc(C)cc5)c5ccc2[nH]5)C=C4)C=C3)cc1. The maximum absolute atomic E-state index is 13.3. The number of ether oxygens (including phenoxy) is 2. The van der Waals surface area contributed by atoms with Gasteiger partial charge in [-0.2, -0.15) is 0 Å². The molecule has 3 aliphatic heterocycles. The Morgan fingerprint density at radius 3 is 1.30 bits per heavy atom. The number of aliphatic hydroxyl groups excluding tert-OH is 4. The highest BCUT2D eigenvalue weighted by Crippen LogP contribution is 2.39. The van der Waals surface area contributed by atoms with Gasteiger partial charge in [0.25, 0.3) is 0 Å². The number of hydrogen-bond acceptors (Lipinski definition) is 10. The van der Waals surface area contributed by atoms with Crippen LogP contribution >= 0.6 is 0 Å². The van der Waals surface area contributed by atoms with Gasteiger partial charge < -0.3 is 50.9 Å². The first kappa shape index (κ1) is 45.5. The average Bonchev–Trinajstić information content (AvgIpc) is 4.21. The second-order valence-corrected chi connectivity index (χ2v) is 17.8. The monoisotopic (exact) mass is 920 g/mol. The second kappa shape index (κ2) is 19.0. The fourth-order valence-corrected chi connectivity index (χ4v) is 9.02. The summed E-state index contributed by atoms with van der Waals surface area (Å²) >= 11 is 0. The molecule has 1 fully saturated rings. The molecule has 13 heteroatoms. The fraction of sp³-hybridized carbons (Fsp3) is 0.196. The molecule has 13 nitrogen and oxygen atoms in total. The molecular formula is C56H52N6O7. The van der Waals surface area contributed by atoms with Crippen molar-refractivity contribution in [3.8, 4) is 44.5 Å². The number of carbonyl (C=O) groups excluding carboxylic acids is 1. The van der Waals surface area contributed by atoms with E-state index in [2.05, 4.69) is 145 Å². The van der Waals surface area contributed by atoms with Gasteiger partial charge in [-0.25, -0.2) is 9.97 Å². The first-order valence-electron chi connectivity index (χ1n) is 22.9. The number of aryl methyl sites for hydroxylation is 3. The van der Waals surface area contributed by atoms with Gasteiger partial charge in [-0.05, 0) is 104 Å². The molecule has 0 saturated carbocycles. The van der Waals surface area contributed by atoms with Crippen LogP contribution in [0.5, 0.6) is 0 Å². The van der Waals surface area contributed by atoms with E-state index in [4.69, 9.17) is 25.2 Å². The number of carbonyl (C=O) groups is 1. The number of benzene rings is 4. The zero-order valence-corrected chi connectivity index (χ0v) is 38.2. The molecule has 7 aromatic rings. The molecule has 4 aromatic carbocycles. The van der Waals surface area contributed by atoms with Crippen LogP contribution in [0, 0.1) is 20.8 Å². The maximum atomic E-state index is 13.3. The molecule has 0 spiro atoms. The van der Waals surface area contributed by atoms with Crippen LogP contribution < -0.4 is 11.1 Å². The normalized spacial score (nSPS) is 19.2. The predicted octanol–water partition coefficient (Wildman–Crippen LogP) is 8.33. The van der Waals surface area contributed by atoms with Crippen molar-refractivity contribution in [1.29, 1.82) is 0 Å². The number of rotatable bonds is 10. The highest BCUT2D eigenvalue weighted by Gasteiger charge is 2.44. The van der Waals surface area contributed by atoms with Crippen molar-refractivity contribution < 1.29 is 34.7 Å². The lowest BCUT2D eigenvalue weighted by Crippen LogP contribution is -2.59. The van der Waals surface area contributed by atoms with Crippen LogP contribution in [0.25, 0.3) is 90.9 Å². The smallest absolute Gasteiger partial charge is 0.243 e. The lowest BCUT2D eigenvalue weighted by atomic mass is 9.99. The Morgan fingerprint density at radius 1 is 0.580 bits per heavy atom. The highest BCUT2D eigenvalue weighted by atomic mass is 16.7. The summed E-state index contributed by atoms with van der Waals surface area (Å²) in [5.41, 5.74) is 24.3. The van der Waals surface area contributed by atoms with Crippen LogP contribution in [0.3, 0.4) is 0 Å². The minimum absolute atomic E-state index is 0.384. The van der Waals surface area contributed by atoms with Crippen LogP contribution in [0.4, 0.5) is 5.69 Å². The molecular weight excluding hydrogens is 869 g/mol. The van der Waals surface area contributed by atoms with Crippen LogP contribution in [0.1, 0.15) is 39.5 Å². The molecule has 6 atom stereocenters. The number of hydrogen-bond donors (Lipinski definition) is 8. The minimum atomic E-state index is -1.62. The zero-order chi connectivity index (χ0) is 47.9. The fourth-order valence-electron chi connectivity index (χ4n) is 9.02.